The Balaban J connectivity index is 2.26. The minimum Gasteiger partial charge on any atom is -0.331 e. The quantitative estimate of drug-likeness (QED) is 0.385. The molecule has 1 rings (SSSR count). The molecular weight excluding hydrogens is 306 g/mol. The first-order valence-electron chi connectivity index (χ1n) is 5.97. The molecule has 1 saturated heterocycles. The van der Waals surface area contributed by atoms with Crippen LogP contribution >= 0.6 is 33.3 Å². The van der Waals surface area contributed by atoms with Gasteiger partial charge in [-0.05, 0) is 12.2 Å². The minimum absolute atomic E-state index is 0.119. The summed E-state index contributed by atoms with van der Waals surface area (Å²) >= 11 is 1.46. The van der Waals surface area contributed by atoms with Gasteiger partial charge in [0.1, 0.15) is 0 Å². The average molecular weight is 323 g/mol. The zero-order valence-corrected chi connectivity index (χ0v) is 13.4. The van der Waals surface area contributed by atoms with Crippen molar-refractivity contribution in [2.24, 2.45) is 0 Å². The highest BCUT2D eigenvalue weighted by atomic mass is 33.1. The van der Waals surface area contributed by atoms with Crippen molar-refractivity contribution < 1.29 is 19.2 Å². The molecule has 0 saturated carbocycles. The Bertz CT molecular complexity index is 351. The van der Waals surface area contributed by atoms with Crippen molar-refractivity contribution in [1.82, 2.24) is 5.06 Å². The molecular formula is C11H17NO4S3. The Kier molecular flexibility index (Phi) is 7.70. The molecule has 0 aliphatic carbocycles. The van der Waals surface area contributed by atoms with Crippen LogP contribution in [0.25, 0.3) is 0 Å². The van der Waals surface area contributed by atoms with Gasteiger partial charge in [-0.15, -0.1) is 16.8 Å². The number of hydrogen-bond acceptors (Lipinski definition) is 7. The zero-order valence-electron chi connectivity index (χ0n) is 10.9. The number of rotatable bonds is 8. The Morgan fingerprint density at radius 1 is 1.37 bits per heavy atom. The van der Waals surface area contributed by atoms with Gasteiger partial charge in [0.05, 0.1) is 11.7 Å². The Morgan fingerprint density at radius 2 is 2.11 bits per heavy atom. The summed E-state index contributed by atoms with van der Waals surface area (Å²) in [5, 5.41) is 0.192. The summed E-state index contributed by atoms with van der Waals surface area (Å²) < 4.78 is 0. The highest BCUT2D eigenvalue weighted by molar-refractivity contribution is 8.76. The first-order valence-corrected chi connectivity index (χ1v) is 9.51. The third-order valence-corrected chi connectivity index (χ3v) is 6.03. The number of carbonyl (C=O) groups excluding carboxylic acids is 3. The molecule has 1 aliphatic rings. The van der Waals surface area contributed by atoms with Gasteiger partial charge in [-0.1, -0.05) is 28.5 Å². The van der Waals surface area contributed by atoms with Gasteiger partial charge in [-0.25, -0.2) is 4.79 Å². The lowest BCUT2D eigenvalue weighted by Crippen LogP contribution is -2.33. The summed E-state index contributed by atoms with van der Waals surface area (Å²) in [5.74, 6) is 1.45. The van der Waals surface area contributed by atoms with Crippen LogP contribution in [0.2, 0.25) is 0 Å². The second-order valence-corrected chi connectivity index (χ2v) is 7.94. The van der Waals surface area contributed by atoms with Crippen LogP contribution < -0.4 is 0 Å². The molecule has 1 aliphatic heterocycles. The van der Waals surface area contributed by atoms with Crippen molar-refractivity contribution >= 4 is 51.1 Å². The molecule has 1 fully saturated rings. The van der Waals surface area contributed by atoms with Gasteiger partial charge >= 0.3 is 5.97 Å². The van der Waals surface area contributed by atoms with Crippen LogP contribution in [0, 0.1) is 0 Å². The van der Waals surface area contributed by atoms with Crippen LogP contribution in [-0.2, 0) is 19.2 Å². The molecule has 108 valence electrons. The molecule has 0 aromatic heterocycles. The van der Waals surface area contributed by atoms with Gasteiger partial charge in [0.2, 0.25) is 0 Å². The van der Waals surface area contributed by atoms with E-state index >= 15 is 0 Å². The summed E-state index contributed by atoms with van der Waals surface area (Å²) in [5.41, 5.74) is 0. The minimum atomic E-state index is -0.652. The average Bonchev–Trinajstić information content (AvgIpc) is 2.61. The fourth-order valence-electron chi connectivity index (χ4n) is 1.42. The van der Waals surface area contributed by atoms with E-state index in [1.54, 1.807) is 0 Å². The maximum Gasteiger partial charge on any atom is 0.330 e. The van der Waals surface area contributed by atoms with Crippen molar-refractivity contribution in [1.29, 1.82) is 0 Å². The molecule has 0 bridgehead atoms. The molecule has 0 spiro atoms. The van der Waals surface area contributed by atoms with E-state index in [1.165, 1.54) is 18.7 Å². The molecule has 5 nitrogen and oxygen atoms in total. The van der Waals surface area contributed by atoms with Crippen LogP contribution in [0.1, 0.15) is 26.7 Å². The maximum absolute atomic E-state index is 11.8. The Morgan fingerprint density at radius 3 is 2.74 bits per heavy atom. The van der Waals surface area contributed by atoms with E-state index < -0.39 is 23.0 Å². The van der Waals surface area contributed by atoms with Gasteiger partial charge in [0.15, 0.2) is 0 Å². The zero-order chi connectivity index (χ0) is 14.3. The highest BCUT2D eigenvalue weighted by Crippen LogP contribution is 2.27. The number of thioether (sulfide) groups is 1. The van der Waals surface area contributed by atoms with Crippen molar-refractivity contribution in [2.75, 3.05) is 17.3 Å². The number of hydrogen-bond donors (Lipinski definition) is 0. The third kappa shape index (κ3) is 5.66. The smallest absolute Gasteiger partial charge is 0.330 e. The fourth-order valence-corrected chi connectivity index (χ4v) is 4.45. The molecule has 19 heavy (non-hydrogen) atoms. The van der Waals surface area contributed by atoms with Crippen LogP contribution in [0.5, 0.6) is 0 Å². The van der Waals surface area contributed by atoms with Crippen LogP contribution in [0.4, 0.5) is 0 Å². The summed E-state index contributed by atoms with van der Waals surface area (Å²) in [6.45, 7) is 3.28. The summed E-state index contributed by atoms with van der Waals surface area (Å²) in [6, 6.07) is 0. The second-order valence-electron chi connectivity index (χ2n) is 3.75. The van der Waals surface area contributed by atoms with E-state index in [9.17, 15) is 14.4 Å². The lowest BCUT2D eigenvalue weighted by molar-refractivity contribution is -0.195. The predicted octanol–water partition coefficient (Wildman–Crippen LogP) is 2.12. The van der Waals surface area contributed by atoms with Crippen molar-refractivity contribution in [2.45, 2.75) is 31.9 Å². The maximum atomic E-state index is 11.8. The van der Waals surface area contributed by atoms with E-state index in [1.807, 2.05) is 21.6 Å². The summed E-state index contributed by atoms with van der Waals surface area (Å²) in [6.07, 6.45) is 1.11. The van der Waals surface area contributed by atoms with Crippen LogP contribution in [0.3, 0.4) is 0 Å². The first kappa shape index (κ1) is 16.7. The molecule has 8 heteroatoms. The van der Waals surface area contributed by atoms with Gasteiger partial charge in [0, 0.05) is 18.4 Å². The largest absolute Gasteiger partial charge is 0.331 e. The van der Waals surface area contributed by atoms with Crippen LogP contribution in [0.15, 0.2) is 0 Å². The van der Waals surface area contributed by atoms with Crippen molar-refractivity contribution in [3.63, 3.8) is 0 Å². The number of imide groups is 1. The molecule has 1 unspecified atom stereocenters. The van der Waals surface area contributed by atoms with Gasteiger partial charge in [0.25, 0.3) is 11.8 Å². The van der Waals surface area contributed by atoms with E-state index in [4.69, 9.17) is 0 Å². The Hall–Kier alpha value is -0.340. The van der Waals surface area contributed by atoms with Crippen LogP contribution in [-0.4, -0.2) is 45.4 Å². The van der Waals surface area contributed by atoms with E-state index in [0.717, 1.165) is 23.7 Å². The van der Waals surface area contributed by atoms with Crippen molar-refractivity contribution in [3.05, 3.63) is 0 Å². The lowest BCUT2D eigenvalue weighted by Gasteiger charge is -2.12. The number of amides is 2. The standard InChI is InChI=1S/C11H17NO4S3/c1-3-18-19-6-4-5-17-9-7-10(14)12(11(9)15)16-8(2)13/h9H,3-7H2,1-2H3. The molecule has 0 N–H and O–H groups in total. The van der Waals surface area contributed by atoms with E-state index in [2.05, 4.69) is 11.8 Å². The molecule has 2 amide bonds. The first-order chi connectivity index (χ1) is 9.06. The Labute approximate surface area is 124 Å². The highest BCUT2D eigenvalue weighted by Gasteiger charge is 2.41. The topological polar surface area (TPSA) is 63.7 Å². The van der Waals surface area contributed by atoms with Gasteiger partial charge in [-0.3, -0.25) is 9.59 Å². The second kappa shape index (κ2) is 8.76. The number of hydroxylamine groups is 2. The van der Waals surface area contributed by atoms with Crippen molar-refractivity contribution in [3.8, 4) is 0 Å². The summed E-state index contributed by atoms with van der Waals surface area (Å²) in [7, 11) is 3.64. The molecule has 0 aromatic rings. The fraction of sp³-hybridized carbons (Fsp3) is 0.727. The SMILES string of the molecule is CCSSCCCSC1CC(=O)N(OC(C)=O)C1=O. The number of carbonyl (C=O) groups is 3. The molecule has 1 atom stereocenters. The van der Waals surface area contributed by atoms with E-state index in [0.29, 0.717) is 5.06 Å². The summed E-state index contributed by atoms with van der Waals surface area (Å²) in [4.78, 5) is 38.7. The molecule has 0 radical (unpaired) electrons. The molecule has 0 aromatic carbocycles. The number of nitrogens with zero attached hydrogens (tertiary/aromatic N) is 1. The van der Waals surface area contributed by atoms with E-state index in [-0.39, 0.29) is 6.42 Å². The van der Waals surface area contributed by atoms with Gasteiger partial charge < -0.3 is 4.84 Å². The normalized spacial score (nSPS) is 19.1. The van der Waals surface area contributed by atoms with Gasteiger partial charge in [-0.2, -0.15) is 0 Å². The molecule has 1 heterocycles. The lowest BCUT2D eigenvalue weighted by atomic mass is 10.4. The predicted molar refractivity (Wildman–Crippen MR) is 79.7 cm³/mol. The third-order valence-electron chi connectivity index (χ3n) is 2.17. The monoisotopic (exact) mass is 323 g/mol.